The predicted octanol–water partition coefficient (Wildman–Crippen LogP) is 0.955. The Kier molecular flexibility index (Phi) is 3.69. The normalized spacial score (nSPS) is 11.8. The van der Waals surface area contributed by atoms with Crippen molar-refractivity contribution in [2.24, 2.45) is 0 Å². The van der Waals surface area contributed by atoms with E-state index < -0.39 is 10.0 Å². The zero-order valence-corrected chi connectivity index (χ0v) is 9.26. The van der Waals surface area contributed by atoms with Crippen LogP contribution in [0.25, 0.3) is 0 Å². The van der Waals surface area contributed by atoms with Gasteiger partial charge >= 0.3 is 0 Å². The van der Waals surface area contributed by atoms with Gasteiger partial charge in [0.2, 0.25) is 10.0 Å². The lowest BCUT2D eigenvalue weighted by Crippen LogP contribution is -2.34. The predicted molar refractivity (Wildman–Crippen MR) is 54.1 cm³/mol. The number of hydrogen-bond acceptors (Lipinski definition) is 4. The average molecular weight is 241 g/mol. The van der Waals surface area contributed by atoms with Crippen LogP contribution in [0.2, 0.25) is 4.34 Å². The molecule has 0 aliphatic carbocycles. The molecule has 1 aromatic heterocycles. The highest BCUT2D eigenvalue weighted by atomic mass is 35.5. The Morgan fingerprint density at radius 3 is 2.69 bits per heavy atom. The van der Waals surface area contributed by atoms with Crippen LogP contribution >= 0.6 is 22.9 Å². The molecule has 1 aromatic rings. The van der Waals surface area contributed by atoms with Gasteiger partial charge < -0.3 is 0 Å². The summed E-state index contributed by atoms with van der Waals surface area (Å²) in [6.45, 7) is 0. The van der Waals surface area contributed by atoms with Crippen molar-refractivity contribution in [2.45, 2.75) is 5.75 Å². The zero-order chi connectivity index (χ0) is 9.90. The average Bonchev–Trinajstić information content (AvgIpc) is 2.34. The summed E-state index contributed by atoms with van der Waals surface area (Å²) in [6.07, 6.45) is 0. The van der Waals surface area contributed by atoms with Crippen LogP contribution in [0.3, 0.4) is 0 Å². The quantitative estimate of drug-likeness (QED) is 0.771. The van der Waals surface area contributed by atoms with Gasteiger partial charge in [-0.15, -0.1) is 11.3 Å². The van der Waals surface area contributed by atoms with Gasteiger partial charge in [0, 0.05) is 4.88 Å². The molecular weight excluding hydrogens is 232 g/mol. The summed E-state index contributed by atoms with van der Waals surface area (Å²) in [4.78, 5) is 2.88. The van der Waals surface area contributed by atoms with Gasteiger partial charge in [-0.05, 0) is 19.2 Å². The molecule has 0 fully saturated rings. The molecule has 2 N–H and O–H groups in total. The summed E-state index contributed by atoms with van der Waals surface area (Å²) >= 11 is 6.91. The first kappa shape index (κ1) is 10.9. The van der Waals surface area contributed by atoms with Crippen LogP contribution in [0.1, 0.15) is 4.88 Å². The smallest absolute Gasteiger partial charge is 0.229 e. The summed E-state index contributed by atoms with van der Waals surface area (Å²) in [5, 5.41) is 0. The van der Waals surface area contributed by atoms with Crippen LogP contribution in [0.15, 0.2) is 12.1 Å². The van der Waals surface area contributed by atoms with E-state index in [0.717, 1.165) is 0 Å². The van der Waals surface area contributed by atoms with Crippen LogP contribution in [0.5, 0.6) is 0 Å². The first-order valence-electron chi connectivity index (χ1n) is 3.44. The molecule has 0 spiro atoms. The third kappa shape index (κ3) is 3.61. The third-order valence-corrected chi connectivity index (χ3v) is 3.84. The Hall–Kier alpha value is -0.140. The number of halogens is 1. The van der Waals surface area contributed by atoms with Gasteiger partial charge in [-0.25, -0.2) is 13.8 Å². The van der Waals surface area contributed by atoms with E-state index in [1.54, 1.807) is 12.1 Å². The summed E-state index contributed by atoms with van der Waals surface area (Å²) in [7, 11) is -1.78. The highest BCUT2D eigenvalue weighted by Gasteiger charge is 2.11. The molecule has 0 saturated heterocycles. The Balaban J connectivity index is 2.69. The van der Waals surface area contributed by atoms with Gasteiger partial charge in [0.1, 0.15) is 0 Å². The lowest BCUT2D eigenvalue weighted by molar-refractivity contribution is 0.570. The fourth-order valence-corrected chi connectivity index (χ4v) is 3.25. The molecule has 7 heteroatoms. The standard InChI is InChI=1S/C6H9ClN2O2S2/c1-8-9-13(10,11)4-5-2-3-6(7)12-5/h2-3,8-9H,4H2,1H3. The van der Waals surface area contributed by atoms with E-state index in [-0.39, 0.29) is 5.75 Å². The van der Waals surface area contributed by atoms with Gasteiger partial charge in [-0.3, -0.25) is 0 Å². The van der Waals surface area contributed by atoms with Gasteiger partial charge in [0.15, 0.2) is 0 Å². The molecule has 0 aliphatic heterocycles. The van der Waals surface area contributed by atoms with Gasteiger partial charge in [0.25, 0.3) is 0 Å². The minimum absolute atomic E-state index is 0.0504. The monoisotopic (exact) mass is 240 g/mol. The lowest BCUT2D eigenvalue weighted by atomic mass is 10.5. The van der Waals surface area contributed by atoms with E-state index >= 15 is 0 Å². The maximum atomic E-state index is 11.2. The topological polar surface area (TPSA) is 58.2 Å². The molecule has 0 aliphatic rings. The van der Waals surface area contributed by atoms with Crippen LogP contribution in [0, 0.1) is 0 Å². The molecule has 1 heterocycles. The SMILES string of the molecule is CNNS(=O)(=O)Cc1ccc(Cl)s1. The van der Waals surface area contributed by atoms with E-state index in [0.29, 0.717) is 9.21 Å². The fraction of sp³-hybridized carbons (Fsp3) is 0.333. The van der Waals surface area contributed by atoms with Crippen molar-refractivity contribution in [2.75, 3.05) is 7.05 Å². The van der Waals surface area contributed by atoms with E-state index in [9.17, 15) is 8.42 Å². The molecular formula is C6H9ClN2O2S2. The maximum Gasteiger partial charge on any atom is 0.229 e. The molecule has 0 atom stereocenters. The van der Waals surface area contributed by atoms with Crippen LogP contribution in [-0.4, -0.2) is 15.5 Å². The summed E-state index contributed by atoms with van der Waals surface area (Å²) in [5.74, 6) is -0.0504. The van der Waals surface area contributed by atoms with Crippen molar-refractivity contribution in [3.63, 3.8) is 0 Å². The van der Waals surface area contributed by atoms with Crippen LogP contribution in [-0.2, 0) is 15.8 Å². The maximum absolute atomic E-state index is 11.2. The van der Waals surface area contributed by atoms with Crippen molar-refractivity contribution in [1.29, 1.82) is 0 Å². The Bertz CT molecular complexity index is 374. The number of nitrogens with one attached hydrogen (secondary N) is 2. The Morgan fingerprint density at radius 1 is 1.54 bits per heavy atom. The molecule has 4 nitrogen and oxygen atoms in total. The molecule has 13 heavy (non-hydrogen) atoms. The number of hydrogen-bond donors (Lipinski definition) is 2. The number of thiophene rings is 1. The molecule has 0 radical (unpaired) electrons. The Morgan fingerprint density at radius 2 is 2.23 bits per heavy atom. The molecule has 0 bridgehead atoms. The molecule has 1 rings (SSSR count). The van der Waals surface area contributed by atoms with E-state index in [2.05, 4.69) is 10.3 Å². The highest BCUT2D eigenvalue weighted by Crippen LogP contribution is 2.22. The summed E-state index contributed by atoms with van der Waals surface area (Å²) in [5.41, 5.74) is 2.37. The molecule has 0 amide bonds. The number of hydrazine groups is 1. The van der Waals surface area contributed by atoms with Crippen molar-refractivity contribution in [3.8, 4) is 0 Å². The van der Waals surface area contributed by atoms with Crippen LogP contribution < -0.4 is 10.3 Å². The van der Waals surface area contributed by atoms with Gasteiger partial charge in [-0.1, -0.05) is 11.6 Å². The van der Waals surface area contributed by atoms with Crippen molar-refractivity contribution >= 4 is 33.0 Å². The number of sulfonamides is 1. The minimum Gasteiger partial charge on any atom is -0.247 e. The second-order valence-corrected chi connectivity index (χ2v) is 5.84. The lowest BCUT2D eigenvalue weighted by Gasteiger charge is -2.01. The minimum atomic E-state index is -3.28. The van der Waals surface area contributed by atoms with Gasteiger partial charge in [0.05, 0.1) is 10.1 Å². The second-order valence-electron chi connectivity index (χ2n) is 2.32. The van der Waals surface area contributed by atoms with E-state index in [4.69, 9.17) is 11.6 Å². The first-order valence-corrected chi connectivity index (χ1v) is 6.28. The molecule has 0 unspecified atom stereocenters. The molecule has 0 saturated carbocycles. The van der Waals surface area contributed by atoms with Gasteiger partial charge in [-0.2, -0.15) is 4.83 Å². The Labute approximate surface area is 85.9 Å². The zero-order valence-electron chi connectivity index (χ0n) is 6.87. The summed E-state index contributed by atoms with van der Waals surface area (Å²) in [6, 6.07) is 3.37. The van der Waals surface area contributed by atoms with Crippen molar-refractivity contribution in [3.05, 3.63) is 21.3 Å². The largest absolute Gasteiger partial charge is 0.247 e. The third-order valence-electron chi connectivity index (χ3n) is 1.22. The number of rotatable bonds is 4. The molecule has 74 valence electrons. The summed E-state index contributed by atoms with van der Waals surface area (Å²) < 4.78 is 23.0. The molecule has 0 aromatic carbocycles. The van der Waals surface area contributed by atoms with Crippen molar-refractivity contribution in [1.82, 2.24) is 10.3 Å². The van der Waals surface area contributed by atoms with Crippen LogP contribution in [0.4, 0.5) is 0 Å². The van der Waals surface area contributed by atoms with Crippen molar-refractivity contribution < 1.29 is 8.42 Å². The van der Waals surface area contributed by atoms with E-state index in [1.807, 2.05) is 0 Å². The van der Waals surface area contributed by atoms with E-state index in [1.165, 1.54) is 18.4 Å². The highest BCUT2D eigenvalue weighted by molar-refractivity contribution is 7.88. The second kappa shape index (κ2) is 4.39. The fourth-order valence-electron chi connectivity index (χ4n) is 0.808. The first-order chi connectivity index (χ1) is 6.03.